The van der Waals surface area contributed by atoms with E-state index in [1.54, 1.807) is 0 Å². The van der Waals surface area contributed by atoms with Crippen molar-refractivity contribution in [1.82, 2.24) is 0 Å². The van der Waals surface area contributed by atoms with Gasteiger partial charge in [0.1, 0.15) is 0 Å². The summed E-state index contributed by atoms with van der Waals surface area (Å²) in [5.41, 5.74) is 5.85. The predicted octanol–water partition coefficient (Wildman–Crippen LogP) is 2.06. The lowest BCUT2D eigenvalue weighted by Gasteiger charge is -2.13. The summed E-state index contributed by atoms with van der Waals surface area (Å²) in [6.07, 6.45) is 2.19. The summed E-state index contributed by atoms with van der Waals surface area (Å²) in [4.78, 5) is 12.0. The first-order valence-corrected chi connectivity index (χ1v) is 8.54. The van der Waals surface area contributed by atoms with E-state index in [4.69, 9.17) is 17.3 Å². The number of anilines is 1. The van der Waals surface area contributed by atoms with Gasteiger partial charge in [-0.2, -0.15) is 0 Å². The van der Waals surface area contributed by atoms with Crippen molar-refractivity contribution in [3.8, 4) is 0 Å². The second kappa shape index (κ2) is 7.06. The third-order valence-corrected chi connectivity index (χ3v) is 4.46. The quantitative estimate of drug-likeness (QED) is 0.840. The number of carbonyl (C=O) groups excluding carboxylic acids is 1. The first-order chi connectivity index (χ1) is 9.27. The van der Waals surface area contributed by atoms with Gasteiger partial charge in [0.05, 0.1) is 15.6 Å². The number of nitrogens with one attached hydrogen (secondary N) is 1. The Bertz CT molecular complexity index is 583. The lowest BCUT2D eigenvalue weighted by molar-refractivity contribution is -0.117. The van der Waals surface area contributed by atoms with Crippen molar-refractivity contribution in [2.75, 3.05) is 18.1 Å². The van der Waals surface area contributed by atoms with Crippen LogP contribution >= 0.6 is 11.6 Å². The van der Waals surface area contributed by atoms with E-state index in [-0.39, 0.29) is 23.1 Å². The number of carbonyl (C=O) groups is 1. The molecule has 7 heteroatoms. The normalized spacial score (nSPS) is 13.0. The molecule has 1 aromatic rings. The highest BCUT2D eigenvalue weighted by Crippen LogP contribution is 2.25. The molecule has 0 aromatic heterocycles. The Balaban J connectivity index is 2.89. The Labute approximate surface area is 124 Å². The molecular formula is C13H19ClN2O3S. The maximum absolute atomic E-state index is 11.9. The van der Waals surface area contributed by atoms with Crippen molar-refractivity contribution in [3.05, 3.63) is 23.2 Å². The van der Waals surface area contributed by atoms with Gasteiger partial charge in [-0.05, 0) is 30.7 Å². The molecule has 0 aliphatic rings. The fourth-order valence-corrected chi connectivity index (χ4v) is 2.50. The highest BCUT2D eigenvalue weighted by atomic mass is 35.5. The van der Waals surface area contributed by atoms with Crippen LogP contribution in [0.2, 0.25) is 5.02 Å². The number of hydrogen-bond donors (Lipinski definition) is 2. The van der Waals surface area contributed by atoms with Gasteiger partial charge >= 0.3 is 0 Å². The van der Waals surface area contributed by atoms with E-state index in [1.165, 1.54) is 18.2 Å². The average molecular weight is 319 g/mol. The van der Waals surface area contributed by atoms with Crippen molar-refractivity contribution in [2.24, 2.45) is 11.7 Å². The van der Waals surface area contributed by atoms with Crippen LogP contribution in [0.1, 0.15) is 19.8 Å². The van der Waals surface area contributed by atoms with E-state index in [2.05, 4.69) is 5.32 Å². The highest BCUT2D eigenvalue weighted by Gasteiger charge is 2.14. The zero-order valence-electron chi connectivity index (χ0n) is 11.5. The maximum atomic E-state index is 11.9. The van der Waals surface area contributed by atoms with Crippen LogP contribution in [0.3, 0.4) is 0 Å². The lowest BCUT2D eigenvalue weighted by atomic mass is 10.0. The topological polar surface area (TPSA) is 89.3 Å². The summed E-state index contributed by atoms with van der Waals surface area (Å²) in [7, 11) is -3.34. The first kappa shape index (κ1) is 16.9. The predicted molar refractivity (Wildman–Crippen MR) is 80.6 cm³/mol. The fraction of sp³-hybridized carbons (Fsp3) is 0.462. The van der Waals surface area contributed by atoms with Crippen LogP contribution < -0.4 is 11.1 Å². The van der Waals surface area contributed by atoms with E-state index in [0.29, 0.717) is 17.3 Å². The minimum absolute atomic E-state index is 0.104. The zero-order chi connectivity index (χ0) is 15.3. The number of benzene rings is 1. The zero-order valence-corrected chi connectivity index (χ0v) is 13.1. The van der Waals surface area contributed by atoms with Gasteiger partial charge in [-0.15, -0.1) is 0 Å². The molecule has 1 amide bonds. The van der Waals surface area contributed by atoms with Gasteiger partial charge in [-0.25, -0.2) is 8.42 Å². The Morgan fingerprint density at radius 2 is 2.10 bits per heavy atom. The third-order valence-electron chi connectivity index (χ3n) is 3.02. The standard InChI is InChI=1S/C13H19ClN2O3S/c1-3-9(8-15)6-13(17)16-12-7-10(20(2,18)19)4-5-11(12)14/h4-5,7,9H,3,6,8,15H2,1-2H3,(H,16,17). The molecule has 0 aliphatic heterocycles. The summed E-state index contributed by atoms with van der Waals surface area (Å²) in [6.45, 7) is 2.39. The van der Waals surface area contributed by atoms with Crippen molar-refractivity contribution < 1.29 is 13.2 Å². The highest BCUT2D eigenvalue weighted by molar-refractivity contribution is 7.90. The summed E-state index contributed by atoms with van der Waals surface area (Å²) < 4.78 is 23.0. The molecule has 0 fully saturated rings. The van der Waals surface area contributed by atoms with Crippen LogP contribution in [0, 0.1) is 5.92 Å². The molecule has 0 bridgehead atoms. The van der Waals surface area contributed by atoms with E-state index in [1.807, 2.05) is 6.92 Å². The maximum Gasteiger partial charge on any atom is 0.224 e. The van der Waals surface area contributed by atoms with Crippen molar-refractivity contribution in [2.45, 2.75) is 24.7 Å². The number of rotatable bonds is 6. The van der Waals surface area contributed by atoms with Gasteiger partial charge < -0.3 is 11.1 Å². The smallest absolute Gasteiger partial charge is 0.224 e. The molecular weight excluding hydrogens is 300 g/mol. The molecule has 0 radical (unpaired) electrons. The molecule has 5 nitrogen and oxygen atoms in total. The molecule has 1 atom stereocenters. The summed E-state index contributed by atoms with van der Waals surface area (Å²) in [6, 6.07) is 4.22. The Hall–Kier alpha value is -1.11. The third kappa shape index (κ3) is 4.77. The molecule has 0 heterocycles. The van der Waals surface area contributed by atoms with Crippen molar-refractivity contribution >= 4 is 33.0 Å². The largest absolute Gasteiger partial charge is 0.330 e. The molecule has 0 saturated carbocycles. The Morgan fingerprint density at radius 1 is 1.45 bits per heavy atom. The van der Waals surface area contributed by atoms with Gasteiger partial charge in [0.25, 0.3) is 0 Å². The number of amides is 1. The van der Waals surface area contributed by atoms with Crippen LogP contribution in [-0.2, 0) is 14.6 Å². The van der Waals surface area contributed by atoms with Gasteiger partial charge in [-0.3, -0.25) is 4.79 Å². The molecule has 0 spiro atoms. The van der Waals surface area contributed by atoms with Crippen LogP contribution in [0.5, 0.6) is 0 Å². The minimum Gasteiger partial charge on any atom is -0.330 e. The molecule has 1 aromatic carbocycles. The number of nitrogens with two attached hydrogens (primary N) is 1. The van der Waals surface area contributed by atoms with E-state index < -0.39 is 9.84 Å². The number of hydrogen-bond acceptors (Lipinski definition) is 4. The monoisotopic (exact) mass is 318 g/mol. The Morgan fingerprint density at radius 3 is 2.60 bits per heavy atom. The van der Waals surface area contributed by atoms with Crippen molar-refractivity contribution in [3.63, 3.8) is 0 Å². The molecule has 20 heavy (non-hydrogen) atoms. The minimum atomic E-state index is -3.34. The lowest BCUT2D eigenvalue weighted by Crippen LogP contribution is -2.22. The van der Waals surface area contributed by atoms with E-state index >= 15 is 0 Å². The van der Waals surface area contributed by atoms with Crippen LogP contribution in [0.4, 0.5) is 5.69 Å². The SMILES string of the molecule is CCC(CN)CC(=O)Nc1cc(S(C)(=O)=O)ccc1Cl. The van der Waals surface area contributed by atoms with Crippen LogP contribution in [0.15, 0.2) is 23.1 Å². The number of halogens is 1. The molecule has 3 N–H and O–H groups in total. The molecule has 0 saturated heterocycles. The Kier molecular flexibility index (Phi) is 5.98. The van der Waals surface area contributed by atoms with Gasteiger partial charge in [0.2, 0.25) is 5.91 Å². The van der Waals surface area contributed by atoms with E-state index in [0.717, 1.165) is 12.7 Å². The molecule has 112 valence electrons. The first-order valence-electron chi connectivity index (χ1n) is 6.27. The van der Waals surface area contributed by atoms with Gasteiger partial charge in [0.15, 0.2) is 9.84 Å². The van der Waals surface area contributed by atoms with Gasteiger partial charge in [-0.1, -0.05) is 24.9 Å². The van der Waals surface area contributed by atoms with E-state index in [9.17, 15) is 13.2 Å². The van der Waals surface area contributed by atoms with Crippen LogP contribution in [-0.4, -0.2) is 27.1 Å². The molecule has 1 unspecified atom stereocenters. The molecule has 0 aliphatic carbocycles. The molecule has 1 rings (SSSR count). The second-order valence-electron chi connectivity index (χ2n) is 4.68. The average Bonchev–Trinajstić information content (AvgIpc) is 2.37. The fourth-order valence-electron chi connectivity index (χ4n) is 1.69. The summed E-state index contributed by atoms with van der Waals surface area (Å²) in [5, 5.41) is 2.93. The van der Waals surface area contributed by atoms with Gasteiger partial charge in [0, 0.05) is 12.7 Å². The second-order valence-corrected chi connectivity index (χ2v) is 7.10. The van der Waals surface area contributed by atoms with Crippen molar-refractivity contribution in [1.29, 1.82) is 0 Å². The summed E-state index contributed by atoms with van der Waals surface area (Å²) in [5.74, 6) is -0.123. The van der Waals surface area contributed by atoms with Crippen LogP contribution in [0.25, 0.3) is 0 Å². The summed E-state index contributed by atoms with van der Waals surface area (Å²) >= 11 is 5.96. The number of sulfone groups is 1.